The van der Waals surface area contributed by atoms with Crippen molar-refractivity contribution in [2.75, 3.05) is 38.3 Å². The summed E-state index contributed by atoms with van der Waals surface area (Å²) < 4.78 is 68.9. The summed E-state index contributed by atoms with van der Waals surface area (Å²) in [6.07, 6.45) is -3.05. The van der Waals surface area contributed by atoms with Gasteiger partial charge in [0, 0.05) is 18.5 Å². The van der Waals surface area contributed by atoms with E-state index in [9.17, 15) is 26.4 Å². The number of alkyl halides is 3. The number of rotatable bonds is 10. The molecule has 2 rings (SSSR count). The summed E-state index contributed by atoms with van der Waals surface area (Å²) in [5.41, 5.74) is 0.349. The summed E-state index contributed by atoms with van der Waals surface area (Å²) in [7, 11) is -1.57. The van der Waals surface area contributed by atoms with Gasteiger partial charge in [-0.3, -0.25) is 9.69 Å². The zero-order valence-corrected chi connectivity index (χ0v) is 17.8. The summed E-state index contributed by atoms with van der Waals surface area (Å²) in [5, 5.41) is 2.59. The van der Waals surface area contributed by atoms with Crippen LogP contribution in [0, 0.1) is 0 Å². The molecule has 1 amide bonds. The fourth-order valence-corrected chi connectivity index (χ4v) is 3.24. The van der Waals surface area contributed by atoms with Crippen LogP contribution < -0.4 is 14.8 Å². The zero-order valence-electron chi connectivity index (χ0n) is 17.0. The van der Waals surface area contributed by atoms with Gasteiger partial charge in [-0.25, -0.2) is 8.42 Å². The number of sulfone groups is 1. The molecule has 31 heavy (non-hydrogen) atoms. The monoisotopic (exact) mass is 460 g/mol. The van der Waals surface area contributed by atoms with E-state index in [2.05, 4.69) is 10.1 Å². The topological polar surface area (TPSA) is 84.9 Å². The molecule has 2 aromatic carbocycles. The SMILES string of the molecule is CN(CCCOc1cccc(S(C)(=O)=O)c1)CC(=O)Nc1ccc(OC(F)(F)F)cc1. The lowest BCUT2D eigenvalue weighted by atomic mass is 10.3. The lowest BCUT2D eigenvalue weighted by Gasteiger charge is -2.16. The number of carbonyl (C=O) groups excluding carboxylic acids is 1. The van der Waals surface area contributed by atoms with Crippen LogP contribution >= 0.6 is 0 Å². The van der Waals surface area contributed by atoms with Crippen molar-refractivity contribution in [3.8, 4) is 11.5 Å². The van der Waals surface area contributed by atoms with Gasteiger partial charge in [0.2, 0.25) is 5.91 Å². The molecule has 11 heteroatoms. The van der Waals surface area contributed by atoms with Gasteiger partial charge in [0.25, 0.3) is 0 Å². The Balaban J connectivity index is 1.71. The molecule has 0 aliphatic heterocycles. The molecule has 0 spiro atoms. The Labute approximate surface area is 178 Å². The number of hydrogen-bond donors (Lipinski definition) is 1. The van der Waals surface area contributed by atoms with Gasteiger partial charge in [0.1, 0.15) is 11.5 Å². The molecular formula is C20H23F3N2O5S. The van der Waals surface area contributed by atoms with E-state index in [-0.39, 0.29) is 23.1 Å². The van der Waals surface area contributed by atoms with Gasteiger partial charge < -0.3 is 14.8 Å². The van der Waals surface area contributed by atoms with Gasteiger partial charge >= 0.3 is 6.36 Å². The average molecular weight is 460 g/mol. The van der Waals surface area contributed by atoms with E-state index in [1.807, 2.05) is 0 Å². The minimum absolute atomic E-state index is 0.0738. The zero-order chi connectivity index (χ0) is 23.1. The molecule has 7 nitrogen and oxygen atoms in total. The summed E-state index contributed by atoms with van der Waals surface area (Å²) in [6, 6.07) is 11.1. The third kappa shape index (κ3) is 9.26. The van der Waals surface area contributed by atoms with Gasteiger partial charge in [0.05, 0.1) is 18.0 Å². The van der Waals surface area contributed by atoms with Crippen molar-refractivity contribution in [1.82, 2.24) is 4.90 Å². The Morgan fingerprint density at radius 2 is 1.77 bits per heavy atom. The molecule has 1 N–H and O–H groups in total. The number of likely N-dealkylation sites (N-methyl/N-ethyl adjacent to an activating group) is 1. The van der Waals surface area contributed by atoms with Gasteiger partial charge in [-0.05, 0) is 55.9 Å². The summed E-state index contributed by atoms with van der Waals surface area (Å²) in [4.78, 5) is 14.0. The van der Waals surface area contributed by atoms with E-state index in [1.165, 1.54) is 24.3 Å². The predicted octanol–water partition coefficient (Wildman–Crippen LogP) is 3.33. The minimum Gasteiger partial charge on any atom is -0.494 e. The second kappa shape index (κ2) is 10.5. The number of nitrogens with one attached hydrogen (secondary N) is 1. The van der Waals surface area contributed by atoms with Crippen molar-refractivity contribution in [1.29, 1.82) is 0 Å². The highest BCUT2D eigenvalue weighted by atomic mass is 32.2. The van der Waals surface area contributed by atoms with Crippen molar-refractivity contribution in [3.63, 3.8) is 0 Å². The number of amides is 1. The largest absolute Gasteiger partial charge is 0.573 e. The van der Waals surface area contributed by atoms with Crippen LogP contribution in [0.25, 0.3) is 0 Å². The van der Waals surface area contributed by atoms with Crippen molar-refractivity contribution in [2.24, 2.45) is 0 Å². The predicted molar refractivity (Wildman–Crippen MR) is 109 cm³/mol. The average Bonchev–Trinajstić information content (AvgIpc) is 2.65. The molecule has 0 aromatic heterocycles. The van der Waals surface area contributed by atoms with Crippen molar-refractivity contribution in [2.45, 2.75) is 17.7 Å². The first-order chi connectivity index (χ1) is 14.4. The molecule has 0 radical (unpaired) electrons. The summed E-state index contributed by atoms with van der Waals surface area (Å²) in [5.74, 6) is -0.250. The van der Waals surface area contributed by atoms with Gasteiger partial charge in [-0.1, -0.05) is 6.07 Å². The molecule has 0 fully saturated rings. The fraction of sp³-hybridized carbons (Fsp3) is 0.350. The second-order valence-electron chi connectivity index (χ2n) is 6.81. The van der Waals surface area contributed by atoms with Crippen LogP contribution in [0.4, 0.5) is 18.9 Å². The molecule has 170 valence electrons. The van der Waals surface area contributed by atoms with E-state index >= 15 is 0 Å². The Bertz CT molecular complexity index is 979. The highest BCUT2D eigenvalue weighted by Gasteiger charge is 2.30. The molecule has 0 heterocycles. The minimum atomic E-state index is -4.77. The number of anilines is 1. The highest BCUT2D eigenvalue weighted by Crippen LogP contribution is 2.24. The number of ether oxygens (including phenoxy) is 2. The quantitative estimate of drug-likeness (QED) is 0.548. The van der Waals surface area contributed by atoms with E-state index in [0.717, 1.165) is 18.4 Å². The first-order valence-corrected chi connectivity index (χ1v) is 11.1. The Morgan fingerprint density at radius 1 is 1.10 bits per heavy atom. The molecule has 0 aliphatic rings. The van der Waals surface area contributed by atoms with Crippen molar-refractivity contribution < 1.29 is 35.9 Å². The maximum Gasteiger partial charge on any atom is 0.573 e. The Kier molecular flexibility index (Phi) is 8.28. The molecular weight excluding hydrogens is 437 g/mol. The second-order valence-corrected chi connectivity index (χ2v) is 8.82. The van der Waals surface area contributed by atoms with Crippen molar-refractivity contribution >= 4 is 21.4 Å². The first-order valence-electron chi connectivity index (χ1n) is 9.19. The molecule has 0 atom stereocenters. The fourth-order valence-electron chi connectivity index (χ4n) is 2.58. The number of carbonyl (C=O) groups is 1. The summed E-state index contributed by atoms with van der Waals surface area (Å²) >= 11 is 0. The van der Waals surface area contributed by atoms with E-state index in [1.54, 1.807) is 24.1 Å². The third-order valence-electron chi connectivity index (χ3n) is 3.97. The first kappa shape index (κ1) is 24.5. The lowest BCUT2D eigenvalue weighted by molar-refractivity contribution is -0.274. The smallest absolute Gasteiger partial charge is 0.494 e. The standard InChI is InChI=1S/C20H23F3N2O5S/c1-25(11-4-12-29-17-5-3-6-18(13-17)31(2,27)28)14-19(26)24-15-7-9-16(10-8-15)30-20(21,22)23/h3,5-10,13H,4,11-12,14H2,1-2H3,(H,24,26). The molecule has 0 aliphatic carbocycles. The summed E-state index contributed by atoms with van der Waals surface area (Å²) in [6.45, 7) is 0.946. The van der Waals surface area contributed by atoms with Crippen LogP contribution in [0.15, 0.2) is 53.4 Å². The Morgan fingerprint density at radius 3 is 2.39 bits per heavy atom. The van der Waals surface area contributed by atoms with E-state index in [4.69, 9.17) is 4.74 Å². The van der Waals surface area contributed by atoms with Crippen LogP contribution in [0.3, 0.4) is 0 Å². The molecule has 0 saturated heterocycles. The van der Waals surface area contributed by atoms with E-state index in [0.29, 0.717) is 31.0 Å². The van der Waals surface area contributed by atoms with Crippen LogP contribution in [-0.4, -0.2) is 58.6 Å². The number of nitrogens with zero attached hydrogens (tertiary/aromatic N) is 1. The van der Waals surface area contributed by atoms with E-state index < -0.39 is 16.2 Å². The number of halogens is 3. The van der Waals surface area contributed by atoms with Gasteiger partial charge in [-0.15, -0.1) is 13.2 Å². The van der Waals surface area contributed by atoms with Crippen LogP contribution in [-0.2, 0) is 14.6 Å². The number of benzene rings is 2. The van der Waals surface area contributed by atoms with Crippen LogP contribution in [0.5, 0.6) is 11.5 Å². The molecule has 0 unspecified atom stereocenters. The van der Waals surface area contributed by atoms with Gasteiger partial charge in [0.15, 0.2) is 9.84 Å². The molecule has 0 bridgehead atoms. The lowest BCUT2D eigenvalue weighted by Crippen LogP contribution is -2.31. The maximum absolute atomic E-state index is 12.2. The molecule has 0 saturated carbocycles. The third-order valence-corrected chi connectivity index (χ3v) is 5.08. The highest BCUT2D eigenvalue weighted by molar-refractivity contribution is 7.90. The maximum atomic E-state index is 12.2. The van der Waals surface area contributed by atoms with Gasteiger partial charge in [-0.2, -0.15) is 0 Å². The molecule has 2 aromatic rings. The normalized spacial score (nSPS) is 11.9. The van der Waals surface area contributed by atoms with Crippen LogP contribution in [0.1, 0.15) is 6.42 Å². The number of hydrogen-bond acceptors (Lipinski definition) is 6. The Hall–Kier alpha value is -2.79. The van der Waals surface area contributed by atoms with Crippen molar-refractivity contribution in [3.05, 3.63) is 48.5 Å². The van der Waals surface area contributed by atoms with Crippen LogP contribution in [0.2, 0.25) is 0 Å².